The third-order valence-corrected chi connectivity index (χ3v) is 4.74. The van der Waals surface area contributed by atoms with Crippen molar-refractivity contribution in [1.29, 1.82) is 0 Å². The van der Waals surface area contributed by atoms with Crippen molar-refractivity contribution in [2.75, 3.05) is 26.2 Å². The number of hydrogen-bond acceptors (Lipinski definition) is 3. The van der Waals surface area contributed by atoms with Crippen LogP contribution in [0.1, 0.15) is 30.4 Å². The Morgan fingerprint density at radius 2 is 2.00 bits per heavy atom. The van der Waals surface area contributed by atoms with Crippen LogP contribution in [0.15, 0.2) is 24.3 Å². The number of rotatable bonds is 3. The van der Waals surface area contributed by atoms with Crippen LogP contribution >= 0.6 is 0 Å². The van der Waals surface area contributed by atoms with E-state index in [0.29, 0.717) is 19.4 Å². The van der Waals surface area contributed by atoms with E-state index in [1.807, 2.05) is 36.1 Å². The number of hydrogen-bond donors (Lipinski definition) is 1. The molecule has 2 fully saturated rings. The highest BCUT2D eigenvalue weighted by Gasteiger charge is 2.38. The number of nitrogens with one attached hydrogen (secondary N) is 1. The first-order valence-electron chi connectivity index (χ1n) is 8.49. The summed E-state index contributed by atoms with van der Waals surface area (Å²) >= 11 is 0. The summed E-state index contributed by atoms with van der Waals surface area (Å²) in [5.74, 6) is 0.212. The van der Waals surface area contributed by atoms with Gasteiger partial charge in [0.1, 0.15) is 6.04 Å². The minimum absolute atomic E-state index is 0.0943. The van der Waals surface area contributed by atoms with Crippen LogP contribution in [0.3, 0.4) is 0 Å². The zero-order chi connectivity index (χ0) is 16.2. The molecule has 1 unspecified atom stereocenters. The first-order valence-corrected chi connectivity index (χ1v) is 8.49. The molecule has 0 aliphatic carbocycles. The van der Waals surface area contributed by atoms with E-state index in [0.717, 1.165) is 38.2 Å². The molecule has 2 amide bonds. The topological polar surface area (TPSA) is 52.7 Å². The summed E-state index contributed by atoms with van der Waals surface area (Å²) in [6.07, 6.45) is 2.10. The molecule has 0 saturated carbocycles. The Labute approximate surface area is 137 Å². The highest BCUT2D eigenvalue weighted by molar-refractivity contribution is 5.91. The molecule has 5 heteroatoms. The van der Waals surface area contributed by atoms with Crippen molar-refractivity contribution in [3.63, 3.8) is 0 Å². The standard InChI is InChI=1S/C18H25N3O2/c1-14-3-5-15(6-4-14)13-21-16(7-8-17(21)22)18(23)20-11-2-9-19-10-12-20/h3-6,16,19H,2,7-13H2,1H3. The van der Waals surface area contributed by atoms with Crippen molar-refractivity contribution in [3.8, 4) is 0 Å². The molecule has 2 aliphatic heterocycles. The Kier molecular flexibility index (Phi) is 4.96. The fraction of sp³-hybridized carbons (Fsp3) is 0.556. The largest absolute Gasteiger partial charge is 0.340 e. The number of nitrogens with zero attached hydrogens (tertiary/aromatic N) is 2. The Bertz CT molecular complexity index is 562. The van der Waals surface area contributed by atoms with Gasteiger partial charge in [-0.25, -0.2) is 0 Å². The van der Waals surface area contributed by atoms with E-state index in [9.17, 15) is 9.59 Å². The van der Waals surface area contributed by atoms with Gasteiger partial charge in [0, 0.05) is 32.6 Å². The molecule has 1 aromatic carbocycles. The van der Waals surface area contributed by atoms with E-state index in [1.165, 1.54) is 5.56 Å². The minimum Gasteiger partial charge on any atom is -0.340 e. The molecule has 3 rings (SSSR count). The highest BCUT2D eigenvalue weighted by Crippen LogP contribution is 2.23. The number of benzene rings is 1. The molecule has 1 aromatic rings. The molecule has 2 heterocycles. The molecule has 2 aliphatic rings. The lowest BCUT2D eigenvalue weighted by atomic mass is 10.1. The van der Waals surface area contributed by atoms with Crippen molar-refractivity contribution in [1.82, 2.24) is 15.1 Å². The SMILES string of the molecule is Cc1ccc(CN2C(=O)CCC2C(=O)N2CCCNCC2)cc1. The second-order valence-electron chi connectivity index (χ2n) is 6.49. The summed E-state index contributed by atoms with van der Waals surface area (Å²) in [4.78, 5) is 28.8. The van der Waals surface area contributed by atoms with Gasteiger partial charge in [0.05, 0.1) is 0 Å². The van der Waals surface area contributed by atoms with Crippen molar-refractivity contribution < 1.29 is 9.59 Å². The monoisotopic (exact) mass is 315 g/mol. The molecule has 0 bridgehead atoms. The average Bonchev–Trinajstić information content (AvgIpc) is 2.77. The summed E-state index contributed by atoms with van der Waals surface area (Å²) < 4.78 is 0. The maximum Gasteiger partial charge on any atom is 0.245 e. The van der Waals surface area contributed by atoms with Crippen molar-refractivity contribution in [2.45, 2.75) is 38.8 Å². The van der Waals surface area contributed by atoms with Gasteiger partial charge >= 0.3 is 0 Å². The van der Waals surface area contributed by atoms with E-state index >= 15 is 0 Å². The summed E-state index contributed by atoms with van der Waals surface area (Å²) in [6.45, 7) is 5.90. The van der Waals surface area contributed by atoms with Crippen LogP contribution in [0.5, 0.6) is 0 Å². The van der Waals surface area contributed by atoms with Crippen LogP contribution in [0.2, 0.25) is 0 Å². The molecular weight excluding hydrogens is 290 g/mol. The molecule has 0 aromatic heterocycles. The molecule has 5 nitrogen and oxygen atoms in total. The lowest BCUT2D eigenvalue weighted by molar-refractivity contribution is -0.141. The molecule has 2 saturated heterocycles. The quantitative estimate of drug-likeness (QED) is 0.915. The number of carbonyl (C=O) groups excluding carboxylic acids is 2. The second kappa shape index (κ2) is 7.13. The Morgan fingerprint density at radius 3 is 2.78 bits per heavy atom. The van der Waals surface area contributed by atoms with Gasteiger partial charge in [0.15, 0.2) is 0 Å². The van der Waals surface area contributed by atoms with E-state index < -0.39 is 0 Å². The van der Waals surface area contributed by atoms with Gasteiger partial charge in [-0.1, -0.05) is 29.8 Å². The number of aryl methyl sites for hydroxylation is 1. The van der Waals surface area contributed by atoms with Crippen LogP contribution in [-0.4, -0.2) is 53.8 Å². The van der Waals surface area contributed by atoms with Crippen molar-refractivity contribution >= 4 is 11.8 Å². The summed E-state index contributed by atoms with van der Waals surface area (Å²) in [6, 6.07) is 7.89. The van der Waals surface area contributed by atoms with Crippen LogP contribution in [0.25, 0.3) is 0 Å². The van der Waals surface area contributed by atoms with Crippen LogP contribution < -0.4 is 5.32 Å². The lowest BCUT2D eigenvalue weighted by Crippen LogP contribution is -2.47. The van der Waals surface area contributed by atoms with E-state index in [4.69, 9.17) is 0 Å². The molecule has 0 radical (unpaired) electrons. The third kappa shape index (κ3) is 3.72. The molecule has 1 atom stereocenters. The molecule has 124 valence electrons. The van der Waals surface area contributed by atoms with E-state index in [2.05, 4.69) is 5.32 Å². The number of amides is 2. The maximum atomic E-state index is 12.9. The van der Waals surface area contributed by atoms with Gasteiger partial charge in [-0.2, -0.15) is 0 Å². The zero-order valence-electron chi connectivity index (χ0n) is 13.8. The maximum absolute atomic E-state index is 12.9. The normalized spacial score (nSPS) is 22.3. The van der Waals surface area contributed by atoms with Crippen LogP contribution in [0.4, 0.5) is 0 Å². The first kappa shape index (κ1) is 16.0. The Balaban J connectivity index is 1.71. The highest BCUT2D eigenvalue weighted by atomic mass is 16.2. The fourth-order valence-corrected chi connectivity index (χ4v) is 3.36. The second-order valence-corrected chi connectivity index (χ2v) is 6.49. The molecule has 1 N–H and O–H groups in total. The molecule has 23 heavy (non-hydrogen) atoms. The summed E-state index contributed by atoms with van der Waals surface area (Å²) in [7, 11) is 0. The predicted molar refractivity (Wildman–Crippen MR) is 88.8 cm³/mol. The van der Waals surface area contributed by atoms with Crippen LogP contribution in [-0.2, 0) is 16.1 Å². The van der Waals surface area contributed by atoms with Crippen LogP contribution in [0, 0.1) is 6.92 Å². The van der Waals surface area contributed by atoms with E-state index in [1.54, 1.807) is 4.90 Å². The Morgan fingerprint density at radius 1 is 1.22 bits per heavy atom. The number of carbonyl (C=O) groups is 2. The molecule has 0 spiro atoms. The summed E-state index contributed by atoms with van der Waals surface area (Å²) in [5, 5.41) is 3.31. The fourth-order valence-electron chi connectivity index (χ4n) is 3.36. The summed E-state index contributed by atoms with van der Waals surface area (Å²) in [5.41, 5.74) is 2.28. The van der Waals surface area contributed by atoms with Gasteiger partial charge in [-0.15, -0.1) is 0 Å². The smallest absolute Gasteiger partial charge is 0.245 e. The predicted octanol–water partition coefficient (Wildman–Crippen LogP) is 1.31. The lowest BCUT2D eigenvalue weighted by Gasteiger charge is -2.29. The van der Waals surface area contributed by atoms with Gasteiger partial charge in [0.25, 0.3) is 0 Å². The molecular formula is C18H25N3O2. The first-order chi connectivity index (χ1) is 11.1. The van der Waals surface area contributed by atoms with Crippen molar-refractivity contribution in [2.24, 2.45) is 0 Å². The zero-order valence-corrected chi connectivity index (χ0v) is 13.8. The number of likely N-dealkylation sites (tertiary alicyclic amines) is 1. The third-order valence-electron chi connectivity index (χ3n) is 4.74. The van der Waals surface area contributed by atoms with Crippen molar-refractivity contribution in [3.05, 3.63) is 35.4 Å². The van der Waals surface area contributed by atoms with E-state index in [-0.39, 0.29) is 17.9 Å². The van der Waals surface area contributed by atoms with Gasteiger partial charge in [-0.05, 0) is 31.9 Å². The van der Waals surface area contributed by atoms with Gasteiger partial charge in [0.2, 0.25) is 11.8 Å². The Hall–Kier alpha value is -1.88. The average molecular weight is 315 g/mol. The van der Waals surface area contributed by atoms with Gasteiger partial charge < -0.3 is 15.1 Å². The minimum atomic E-state index is -0.290. The van der Waals surface area contributed by atoms with Gasteiger partial charge in [-0.3, -0.25) is 9.59 Å².